The summed E-state index contributed by atoms with van der Waals surface area (Å²) >= 11 is 0. The van der Waals surface area contributed by atoms with Crippen LogP contribution in [0.5, 0.6) is 0 Å². The van der Waals surface area contributed by atoms with E-state index < -0.39 is 66.2 Å². The molecule has 67 heavy (non-hydrogen) atoms. The molecule has 0 rings (SSSR count). The Labute approximate surface area is 405 Å². The maximum Gasteiger partial charge on any atom is 0.472 e. The molecule has 392 valence electrons. The van der Waals surface area contributed by atoms with Gasteiger partial charge in [-0.25, -0.2) is 9.13 Å². The van der Waals surface area contributed by atoms with Crippen LogP contribution in [0.4, 0.5) is 0 Å². The van der Waals surface area contributed by atoms with Crippen LogP contribution in [-0.2, 0) is 41.8 Å². The Kier molecular flexibility index (Phi) is 43.9. The van der Waals surface area contributed by atoms with Gasteiger partial charge in [-0.1, -0.05) is 191 Å². The van der Waals surface area contributed by atoms with E-state index in [1.807, 2.05) is 19.1 Å². The van der Waals surface area contributed by atoms with Crippen molar-refractivity contribution in [1.82, 2.24) is 0 Å². The van der Waals surface area contributed by atoms with E-state index in [2.05, 4.69) is 54.8 Å². The van der Waals surface area contributed by atoms with Gasteiger partial charge < -0.3 is 34.4 Å². The van der Waals surface area contributed by atoms with E-state index in [0.717, 1.165) is 63.7 Å². The Morgan fingerprint density at radius 1 is 0.478 bits per heavy atom. The Balaban J connectivity index is 4.46. The van der Waals surface area contributed by atoms with Gasteiger partial charge in [0.15, 0.2) is 6.10 Å². The average molecular weight is 993 g/mol. The van der Waals surface area contributed by atoms with E-state index in [1.54, 1.807) is 0 Å². The minimum atomic E-state index is -4.88. The Morgan fingerprint density at radius 2 is 0.910 bits per heavy atom. The highest BCUT2D eigenvalue weighted by Crippen LogP contribution is 2.44. The molecule has 0 aliphatic carbocycles. The molecule has 0 aromatic heterocycles. The van der Waals surface area contributed by atoms with Crippen molar-refractivity contribution in [3.63, 3.8) is 0 Å². The first-order chi connectivity index (χ1) is 32.2. The van der Waals surface area contributed by atoms with E-state index in [4.69, 9.17) is 28.3 Å². The molecule has 0 saturated heterocycles. The van der Waals surface area contributed by atoms with E-state index >= 15 is 0 Å². The van der Waals surface area contributed by atoms with Gasteiger partial charge in [-0.3, -0.25) is 23.2 Å². The first-order valence-corrected chi connectivity index (χ1v) is 28.8. The molecule has 0 amide bonds. The lowest BCUT2D eigenvalue weighted by Gasteiger charge is -2.20. The van der Waals surface area contributed by atoms with Crippen LogP contribution >= 0.6 is 15.6 Å². The number of hydrogen-bond acceptors (Lipinski definition) is 11. The number of ether oxygens (including phenoxy) is 2. The van der Waals surface area contributed by atoms with E-state index in [1.165, 1.54) is 103 Å². The predicted molar refractivity (Wildman–Crippen MR) is 268 cm³/mol. The van der Waals surface area contributed by atoms with Crippen molar-refractivity contribution in [2.45, 2.75) is 232 Å². The molecule has 2 unspecified atom stereocenters. The summed E-state index contributed by atoms with van der Waals surface area (Å²) in [5.41, 5.74) is 0. The normalized spacial score (nSPS) is 15.2. The molecule has 0 bridgehead atoms. The highest BCUT2D eigenvalue weighted by Gasteiger charge is 2.28. The van der Waals surface area contributed by atoms with Crippen molar-refractivity contribution in [2.24, 2.45) is 5.92 Å². The van der Waals surface area contributed by atoms with Crippen molar-refractivity contribution < 1.29 is 66.7 Å². The van der Waals surface area contributed by atoms with Crippen LogP contribution in [0, 0.1) is 5.92 Å². The lowest BCUT2D eigenvalue weighted by molar-refractivity contribution is -0.161. The van der Waals surface area contributed by atoms with Crippen molar-refractivity contribution >= 4 is 27.6 Å². The van der Waals surface area contributed by atoms with Crippen molar-refractivity contribution in [1.29, 1.82) is 0 Å². The largest absolute Gasteiger partial charge is 0.472 e. The fourth-order valence-electron chi connectivity index (χ4n) is 6.95. The number of aliphatic hydroxyl groups is 2. The number of unbranched alkanes of at least 4 members (excludes halogenated alkanes) is 18. The van der Waals surface area contributed by atoms with Crippen LogP contribution in [0.3, 0.4) is 0 Å². The molecule has 0 saturated carbocycles. The molecule has 0 radical (unpaired) electrons. The molecule has 0 aliphatic rings. The van der Waals surface area contributed by atoms with Gasteiger partial charge in [0.1, 0.15) is 12.7 Å². The third-order valence-corrected chi connectivity index (χ3v) is 12.9. The molecule has 0 aliphatic heterocycles. The number of esters is 2. The topological polar surface area (TPSA) is 216 Å². The molecular weight excluding hydrogens is 898 g/mol. The maximum atomic E-state index is 12.7. The van der Waals surface area contributed by atoms with Crippen molar-refractivity contribution in [3.05, 3.63) is 48.6 Å². The number of phosphoric acid groups is 2. The fourth-order valence-corrected chi connectivity index (χ4v) is 8.10. The second-order valence-electron chi connectivity index (χ2n) is 17.8. The Hall–Kier alpha value is -1.96. The van der Waals surface area contributed by atoms with Crippen LogP contribution in [-0.4, -0.2) is 81.6 Å². The first-order valence-electron chi connectivity index (χ1n) is 25.8. The second kappa shape index (κ2) is 45.2. The number of hydrogen-bond donors (Lipinski definition) is 5. The summed E-state index contributed by atoms with van der Waals surface area (Å²) in [6.07, 6.45) is 44.7. The molecule has 5 N–H and O–H groups in total. The minimum absolute atomic E-state index is 0.107. The second-order valence-corrected chi connectivity index (χ2v) is 20.5. The summed E-state index contributed by atoms with van der Waals surface area (Å²) in [4.78, 5) is 52.9. The summed E-state index contributed by atoms with van der Waals surface area (Å²) in [7, 11) is -9.71. The standard InChI is InChI=1S/C51H94O14P2/c1-4-46(3)38-34-30-26-22-18-14-10-8-6-7-9-11-17-21-25-29-33-37-41-51(55)65-49(45-64-67(59,60)63-43-48(53)42-62-66(56,57)58)44-61-50(54)40-36-32-28-24-20-16-13-12-15-19-23-27-31-35-39-47(52)5-2/h13,15-16,19,24,27-28,31,46-49,52-53H,4-12,14,17-18,20-23,25-26,29-30,32-45H2,1-3H3,(H,59,60)(H2,56,57,58)/b16-13-,19-15-,28-24-,31-27-/t46?,47-,48-,49+/m0/s1. The van der Waals surface area contributed by atoms with E-state index in [-0.39, 0.29) is 18.9 Å². The number of carbonyl (C=O) groups is 2. The maximum absolute atomic E-state index is 12.7. The number of rotatable bonds is 48. The molecule has 16 heteroatoms. The zero-order valence-electron chi connectivity index (χ0n) is 41.8. The van der Waals surface area contributed by atoms with Gasteiger partial charge in [-0.2, -0.15) is 0 Å². The molecule has 0 fully saturated rings. The lowest BCUT2D eigenvalue weighted by Crippen LogP contribution is -2.30. The van der Waals surface area contributed by atoms with Crippen LogP contribution in [0.25, 0.3) is 0 Å². The van der Waals surface area contributed by atoms with Gasteiger partial charge in [0, 0.05) is 12.8 Å². The number of allylic oxidation sites excluding steroid dienone is 8. The SMILES string of the molecule is CCC(C)CCCCCCCCCCCCCCCCCCCCC(=O)O[C@H](COC(=O)CCC/C=C\C/C=C\C/C=C\C/C=C\CC[C@@H](O)CC)COP(=O)(O)OC[C@@H](O)COP(=O)(O)O. The van der Waals surface area contributed by atoms with Gasteiger partial charge in [0.05, 0.1) is 25.9 Å². The van der Waals surface area contributed by atoms with Crippen LogP contribution in [0.1, 0.15) is 213 Å². The number of aliphatic hydroxyl groups excluding tert-OH is 2. The van der Waals surface area contributed by atoms with Crippen LogP contribution < -0.4 is 0 Å². The van der Waals surface area contributed by atoms with Crippen molar-refractivity contribution in [2.75, 3.05) is 26.4 Å². The van der Waals surface area contributed by atoms with Gasteiger partial charge in [0.2, 0.25) is 0 Å². The highest BCUT2D eigenvalue weighted by atomic mass is 31.2. The van der Waals surface area contributed by atoms with Gasteiger partial charge in [0.25, 0.3) is 0 Å². The third-order valence-electron chi connectivity index (χ3n) is 11.4. The lowest BCUT2D eigenvalue weighted by atomic mass is 9.99. The summed E-state index contributed by atoms with van der Waals surface area (Å²) in [6.45, 7) is 3.83. The fraction of sp³-hybridized carbons (Fsp3) is 0.804. The summed E-state index contributed by atoms with van der Waals surface area (Å²) in [5.74, 6) is -0.230. The molecule has 0 heterocycles. The van der Waals surface area contributed by atoms with Gasteiger partial charge in [-0.15, -0.1) is 0 Å². The molecule has 0 aromatic rings. The zero-order valence-corrected chi connectivity index (χ0v) is 43.6. The third kappa shape index (κ3) is 48.8. The smallest absolute Gasteiger partial charge is 0.462 e. The van der Waals surface area contributed by atoms with E-state index in [9.17, 15) is 33.8 Å². The van der Waals surface area contributed by atoms with E-state index in [0.29, 0.717) is 19.3 Å². The minimum Gasteiger partial charge on any atom is -0.462 e. The van der Waals surface area contributed by atoms with Gasteiger partial charge >= 0.3 is 27.6 Å². The van der Waals surface area contributed by atoms with Crippen LogP contribution in [0.2, 0.25) is 0 Å². The number of carbonyl (C=O) groups excluding carboxylic acids is 2. The summed E-state index contributed by atoms with van der Waals surface area (Å²) in [6, 6.07) is 0. The summed E-state index contributed by atoms with van der Waals surface area (Å²) in [5, 5.41) is 19.4. The molecule has 14 nitrogen and oxygen atoms in total. The molecule has 5 atom stereocenters. The Bertz CT molecular complexity index is 1400. The number of phosphoric ester groups is 2. The molecular formula is C51H94O14P2. The molecule has 0 spiro atoms. The van der Waals surface area contributed by atoms with Crippen LogP contribution in [0.15, 0.2) is 48.6 Å². The monoisotopic (exact) mass is 993 g/mol. The predicted octanol–water partition coefficient (Wildman–Crippen LogP) is 13.0. The Morgan fingerprint density at radius 3 is 1.40 bits per heavy atom. The highest BCUT2D eigenvalue weighted by molar-refractivity contribution is 7.47. The molecule has 0 aromatic carbocycles. The zero-order chi connectivity index (χ0) is 49.7. The summed E-state index contributed by atoms with van der Waals surface area (Å²) < 4.78 is 47.9. The van der Waals surface area contributed by atoms with Crippen molar-refractivity contribution in [3.8, 4) is 0 Å². The quantitative estimate of drug-likeness (QED) is 0.0166. The average Bonchev–Trinajstić information content (AvgIpc) is 3.29. The first kappa shape index (κ1) is 65.0. The van der Waals surface area contributed by atoms with Gasteiger partial charge in [-0.05, 0) is 63.7 Å².